The third-order valence-corrected chi connectivity index (χ3v) is 10.5. The van der Waals surface area contributed by atoms with E-state index in [4.69, 9.17) is 26.5 Å². The number of rotatable bonds is 15. The van der Waals surface area contributed by atoms with Crippen molar-refractivity contribution in [1.29, 1.82) is 5.41 Å². The number of nitrogens with two attached hydrogens (primary N) is 2. The molecular weight excluding hydrogens is 741 g/mol. The number of benzene rings is 1. The first-order valence-electron chi connectivity index (χ1n) is 16.4. The number of nitrogen functional groups attached to an aromatic ring is 1. The van der Waals surface area contributed by atoms with Gasteiger partial charge in [-0.1, -0.05) is 17.3 Å². The number of anilines is 1. The largest absolute Gasteiger partial charge is 0.492 e. The maximum Gasteiger partial charge on any atom is 0.352 e. The van der Waals surface area contributed by atoms with Gasteiger partial charge in [0.2, 0.25) is 5.60 Å². The van der Waals surface area contributed by atoms with Crippen LogP contribution in [0.2, 0.25) is 0 Å². The van der Waals surface area contributed by atoms with Crippen LogP contribution in [0.25, 0.3) is 10.9 Å². The van der Waals surface area contributed by atoms with Crippen molar-refractivity contribution in [1.82, 2.24) is 25.1 Å². The third kappa shape index (κ3) is 8.08. The second kappa shape index (κ2) is 15.4. The van der Waals surface area contributed by atoms with Crippen molar-refractivity contribution in [3.63, 3.8) is 0 Å². The summed E-state index contributed by atoms with van der Waals surface area (Å²) in [6.07, 6.45) is 5.75. The Bertz CT molecular complexity index is 2200. The number of carboxylic acid groups (broad SMARTS) is 2. The molecule has 2 atom stereocenters. The Hall–Kier alpha value is -6.15. The van der Waals surface area contributed by atoms with Crippen LogP contribution in [0.5, 0.6) is 5.75 Å². The fraction of sp³-hybridized carbons (Fsp3) is 0.294. The van der Waals surface area contributed by atoms with Gasteiger partial charge in [-0.2, -0.15) is 0 Å². The van der Waals surface area contributed by atoms with Gasteiger partial charge in [0.05, 0.1) is 17.4 Å². The lowest BCUT2D eigenvalue weighted by molar-refractivity contribution is -0.687. The summed E-state index contributed by atoms with van der Waals surface area (Å²) in [4.78, 5) is 61.3. The first-order chi connectivity index (χ1) is 25.7. The average Bonchev–Trinajstić information content (AvgIpc) is 3.74. The van der Waals surface area contributed by atoms with Crippen LogP contribution in [-0.4, -0.2) is 96.0 Å². The fourth-order valence-electron chi connectivity index (χ4n) is 5.70. The molecule has 18 nitrogen and oxygen atoms in total. The molecule has 2 amide bonds. The maximum absolute atomic E-state index is 13.4. The number of hydrogen-bond donors (Lipinski definition) is 7. The number of amides is 2. The highest BCUT2D eigenvalue weighted by atomic mass is 32.2. The van der Waals surface area contributed by atoms with E-state index in [9.17, 15) is 29.4 Å². The monoisotopic (exact) mass is 777 g/mol. The van der Waals surface area contributed by atoms with E-state index in [0.717, 1.165) is 27.8 Å². The van der Waals surface area contributed by atoms with Gasteiger partial charge >= 0.3 is 11.9 Å². The highest BCUT2D eigenvalue weighted by Crippen LogP contribution is 2.40. The van der Waals surface area contributed by atoms with Gasteiger partial charge in [0.25, 0.3) is 11.8 Å². The molecule has 2 aliphatic heterocycles. The molecule has 0 spiro atoms. The van der Waals surface area contributed by atoms with Crippen molar-refractivity contribution < 1.29 is 43.5 Å². The number of β-lactam (4-membered cyclic amide) rings is 1. The lowest BCUT2D eigenvalue weighted by Crippen LogP contribution is -2.71. The van der Waals surface area contributed by atoms with Gasteiger partial charge in [0.15, 0.2) is 35.7 Å². The number of ether oxygens (including phenoxy) is 1. The molecule has 2 aliphatic rings. The van der Waals surface area contributed by atoms with E-state index in [2.05, 4.69) is 25.3 Å². The minimum Gasteiger partial charge on any atom is -0.492 e. The number of carboxylic acids is 2. The first-order valence-corrected chi connectivity index (χ1v) is 18.3. The molecule has 6 rings (SSSR count). The van der Waals surface area contributed by atoms with E-state index in [1.54, 1.807) is 0 Å². The molecule has 0 saturated carbocycles. The maximum atomic E-state index is 13.4. The fourth-order valence-corrected chi connectivity index (χ4v) is 7.59. The molecule has 3 aromatic heterocycles. The van der Waals surface area contributed by atoms with Gasteiger partial charge in [-0.05, 0) is 37.6 Å². The highest BCUT2D eigenvalue weighted by molar-refractivity contribution is 8.00. The topological polar surface area (TPSA) is 264 Å². The SMILES string of the molecule is CC(C)(O/N=C(\C(=O)N[C@@H]1C(=O)N2C(C(=O)O)=C(C[n+]3ccc4c(ccn4Cc4ccc(OCCNC(=N)N)cc4)c3)CS[C@H]12)c1csc(N)n1)C(=O)O. The van der Waals surface area contributed by atoms with E-state index in [1.165, 1.54) is 35.9 Å². The van der Waals surface area contributed by atoms with Crippen LogP contribution < -0.4 is 31.4 Å². The molecule has 0 aliphatic carbocycles. The Kier molecular flexibility index (Phi) is 10.8. The van der Waals surface area contributed by atoms with Crippen LogP contribution in [0.4, 0.5) is 5.13 Å². The zero-order valence-electron chi connectivity index (χ0n) is 29.0. The van der Waals surface area contributed by atoms with Crippen molar-refractivity contribution in [3.8, 4) is 5.75 Å². The molecule has 282 valence electrons. The number of carbonyl (C=O) groups excluding carboxylic acids is 2. The molecule has 0 unspecified atom stereocenters. The second-order valence-electron chi connectivity index (χ2n) is 12.8. The lowest BCUT2D eigenvalue weighted by Gasteiger charge is -2.49. The van der Waals surface area contributed by atoms with Gasteiger partial charge in [0.1, 0.15) is 35.2 Å². The number of oxime groups is 1. The predicted molar refractivity (Wildman–Crippen MR) is 199 cm³/mol. The molecule has 4 aromatic rings. The van der Waals surface area contributed by atoms with Gasteiger partial charge < -0.3 is 46.5 Å². The van der Waals surface area contributed by atoms with Crippen LogP contribution in [0.15, 0.2) is 76.8 Å². The third-order valence-electron chi connectivity index (χ3n) is 8.50. The molecule has 0 radical (unpaired) electrons. The zero-order valence-corrected chi connectivity index (χ0v) is 30.6. The van der Waals surface area contributed by atoms with Gasteiger partial charge in [-0.3, -0.25) is 19.9 Å². The lowest BCUT2D eigenvalue weighted by atomic mass is 10.0. The number of nitrogens with zero attached hydrogens (tertiary/aromatic N) is 5. The van der Waals surface area contributed by atoms with E-state index in [-0.39, 0.29) is 34.8 Å². The number of aromatic nitrogens is 3. The normalized spacial score (nSPS) is 17.1. The summed E-state index contributed by atoms with van der Waals surface area (Å²) in [7, 11) is 0. The number of pyridine rings is 1. The number of aliphatic carboxylic acids is 2. The molecule has 0 bridgehead atoms. The van der Waals surface area contributed by atoms with Crippen molar-refractivity contribution in [2.75, 3.05) is 24.6 Å². The van der Waals surface area contributed by atoms with E-state index >= 15 is 0 Å². The van der Waals surface area contributed by atoms with Crippen LogP contribution in [-0.2, 0) is 37.1 Å². The van der Waals surface area contributed by atoms with Gasteiger partial charge in [0, 0.05) is 35.5 Å². The first kappa shape index (κ1) is 37.6. The van der Waals surface area contributed by atoms with E-state index < -0.39 is 46.5 Å². The van der Waals surface area contributed by atoms with Crippen LogP contribution in [0.3, 0.4) is 0 Å². The number of thioether (sulfide) groups is 1. The van der Waals surface area contributed by atoms with Gasteiger partial charge in [-0.25, -0.2) is 19.1 Å². The molecule has 1 aromatic carbocycles. The summed E-state index contributed by atoms with van der Waals surface area (Å²) in [5.74, 6) is -3.21. The molecule has 1 saturated heterocycles. The molecule has 5 heterocycles. The Labute approximate surface area is 315 Å². The van der Waals surface area contributed by atoms with Crippen LogP contribution in [0.1, 0.15) is 25.1 Å². The molecule has 20 heteroatoms. The standard InChI is InChI=1S/C34H36N10O8S2/c1-34(2,31(49)50)52-41-24(22-17-54-33(37)39-22)27(45)40-25-28(46)44-26(30(47)48)20(16-53-29(25)44)15-42-10-8-23-19(14-42)7-11-43(23)13-18-3-5-21(6-4-18)51-12-9-38-32(35)36/h3-8,10-11,14,17,25,29H,9,12-13,15-16H2,1-2H3,(H8-,35,36,37,38,39,40,45,47,48,49,50)/p+1/b41-24-/t25-,29-/m1/s1. The van der Waals surface area contributed by atoms with Crippen molar-refractivity contribution in [2.45, 2.75) is 44.0 Å². The number of hydrogen-bond acceptors (Lipinski definition) is 12. The number of guanidine groups is 1. The number of fused-ring (bicyclic) bond motifs is 2. The van der Waals surface area contributed by atoms with E-state index in [0.29, 0.717) is 31.0 Å². The molecule has 9 N–H and O–H groups in total. The van der Waals surface area contributed by atoms with E-state index in [1.807, 2.05) is 59.6 Å². The smallest absolute Gasteiger partial charge is 0.352 e. The van der Waals surface area contributed by atoms with Crippen molar-refractivity contribution in [3.05, 3.63) is 82.9 Å². The summed E-state index contributed by atoms with van der Waals surface area (Å²) in [6.45, 7) is 4.12. The van der Waals surface area contributed by atoms with Crippen molar-refractivity contribution >= 4 is 74.6 Å². The predicted octanol–water partition coefficient (Wildman–Crippen LogP) is 0.900. The Morgan fingerprint density at radius 1 is 1.19 bits per heavy atom. The van der Waals surface area contributed by atoms with Gasteiger partial charge in [-0.15, -0.1) is 23.1 Å². The summed E-state index contributed by atoms with van der Waals surface area (Å²) < 4.78 is 9.63. The quantitative estimate of drug-likeness (QED) is 0.0221. The minimum atomic E-state index is -1.78. The zero-order chi connectivity index (χ0) is 38.7. The van der Waals surface area contributed by atoms with Crippen LogP contribution >= 0.6 is 23.1 Å². The minimum absolute atomic E-state index is 0.0189. The summed E-state index contributed by atoms with van der Waals surface area (Å²) in [5.41, 5.74) is 11.3. The number of nitrogens with one attached hydrogen (secondary N) is 3. The highest BCUT2D eigenvalue weighted by Gasteiger charge is 2.55. The Morgan fingerprint density at radius 3 is 2.61 bits per heavy atom. The number of carbonyl (C=O) groups is 4. The molecule has 1 fully saturated rings. The summed E-state index contributed by atoms with van der Waals surface area (Å²) in [5, 5.41) is 37.7. The Morgan fingerprint density at radius 2 is 1.94 bits per heavy atom. The second-order valence-corrected chi connectivity index (χ2v) is 14.8. The number of thiazole rings is 1. The Balaban J connectivity index is 1.13. The van der Waals surface area contributed by atoms with Crippen LogP contribution in [0, 0.1) is 5.41 Å². The summed E-state index contributed by atoms with van der Waals surface area (Å²) in [6, 6.07) is 10.6. The summed E-state index contributed by atoms with van der Waals surface area (Å²) >= 11 is 2.33. The molecular formula is C34H37N10O8S2+. The van der Waals surface area contributed by atoms with Crippen molar-refractivity contribution in [2.24, 2.45) is 10.9 Å². The molecule has 54 heavy (non-hydrogen) atoms. The average molecular weight is 778 g/mol.